The maximum Gasteiger partial charge on any atom is 0.280 e. The fourth-order valence-electron chi connectivity index (χ4n) is 1.86. The first kappa shape index (κ1) is 13.3. The Bertz CT molecular complexity index is 728. The summed E-state index contributed by atoms with van der Waals surface area (Å²) < 4.78 is 0. The lowest BCUT2D eigenvalue weighted by Gasteiger charge is -2.07. The number of carbonyl (C=O) groups excluding carboxylic acids is 1. The van der Waals surface area contributed by atoms with Gasteiger partial charge in [0.2, 0.25) is 5.95 Å². The van der Waals surface area contributed by atoms with E-state index in [2.05, 4.69) is 20.8 Å². The van der Waals surface area contributed by atoms with Crippen molar-refractivity contribution in [3.63, 3.8) is 0 Å². The van der Waals surface area contributed by atoms with Crippen molar-refractivity contribution in [3.8, 4) is 11.1 Å². The number of hydrogen-bond acceptors (Lipinski definition) is 5. The molecule has 0 bridgehead atoms. The molecule has 104 valence electrons. The summed E-state index contributed by atoms with van der Waals surface area (Å²) in [4.78, 5) is 20.9. The van der Waals surface area contributed by atoms with Crippen molar-refractivity contribution in [1.82, 2.24) is 15.4 Å². The Morgan fingerprint density at radius 1 is 1.00 bits per heavy atom. The summed E-state index contributed by atoms with van der Waals surface area (Å²) in [6.45, 7) is 0. The van der Waals surface area contributed by atoms with Crippen molar-refractivity contribution in [2.45, 2.75) is 0 Å². The second-order valence-corrected chi connectivity index (χ2v) is 5.10. The van der Waals surface area contributed by atoms with Crippen LogP contribution < -0.4 is 10.9 Å². The lowest BCUT2D eigenvalue weighted by molar-refractivity contribution is 0.0967. The number of hydrogen-bond donors (Lipinski definition) is 2. The smallest absolute Gasteiger partial charge is 0.266 e. The first-order valence-electron chi connectivity index (χ1n) is 6.31. The summed E-state index contributed by atoms with van der Waals surface area (Å²) in [6, 6.07) is 13.5. The molecule has 3 rings (SSSR count). The van der Waals surface area contributed by atoms with Gasteiger partial charge >= 0.3 is 0 Å². The van der Waals surface area contributed by atoms with E-state index < -0.39 is 0 Å². The lowest BCUT2D eigenvalue weighted by Crippen LogP contribution is -2.29. The number of rotatable bonds is 4. The predicted octanol–water partition coefficient (Wildman–Crippen LogP) is 2.96. The molecule has 0 aliphatic rings. The lowest BCUT2D eigenvalue weighted by atomic mass is 10.1. The molecular weight excluding hydrogens is 284 g/mol. The maximum atomic E-state index is 12.3. The predicted molar refractivity (Wildman–Crippen MR) is 82.9 cm³/mol. The fraction of sp³-hybridized carbons (Fsp3) is 0. The summed E-state index contributed by atoms with van der Waals surface area (Å²) in [7, 11) is 0. The van der Waals surface area contributed by atoms with Crippen LogP contribution in [0.2, 0.25) is 0 Å². The van der Waals surface area contributed by atoms with Gasteiger partial charge in [-0.15, -0.1) is 11.3 Å². The summed E-state index contributed by atoms with van der Waals surface area (Å²) in [5, 5.41) is 1.90. The van der Waals surface area contributed by atoms with Crippen LogP contribution in [0.5, 0.6) is 0 Å². The minimum absolute atomic E-state index is 0.212. The van der Waals surface area contributed by atoms with Crippen molar-refractivity contribution in [3.05, 3.63) is 65.1 Å². The van der Waals surface area contributed by atoms with Gasteiger partial charge in [0.1, 0.15) is 4.88 Å². The van der Waals surface area contributed by atoms with Gasteiger partial charge in [-0.25, -0.2) is 9.97 Å². The van der Waals surface area contributed by atoms with Gasteiger partial charge in [-0.05, 0) is 23.1 Å². The number of carbonyl (C=O) groups is 1. The number of amides is 1. The average Bonchev–Trinajstić information content (AvgIpc) is 3.04. The molecule has 5 nitrogen and oxygen atoms in total. The normalized spacial score (nSPS) is 10.1. The molecule has 1 aromatic carbocycles. The van der Waals surface area contributed by atoms with Crippen LogP contribution >= 0.6 is 11.3 Å². The second kappa shape index (κ2) is 6.15. The zero-order valence-electron chi connectivity index (χ0n) is 11.0. The standard InChI is InChI=1S/C15H12N4OS/c20-14(18-19-15-16-8-4-9-17-15)13-12(7-10-21-13)11-5-2-1-3-6-11/h1-10H,(H,18,20)(H,16,17,19). The SMILES string of the molecule is O=C(NNc1ncccn1)c1sccc1-c1ccccc1. The number of aromatic nitrogens is 2. The van der Waals surface area contributed by atoms with E-state index in [1.165, 1.54) is 11.3 Å². The van der Waals surface area contributed by atoms with Gasteiger partial charge < -0.3 is 0 Å². The Hall–Kier alpha value is -2.73. The highest BCUT2D eigenvalue weighted by Gasteiger charge is 2.14. The van der Waals surface area contributed by atoms with Crippen LogP contribution in [0.1, 0.15) is 9.67 Å². The largest absolute Gasteiger partial charge is 0.280 e. The topological polar surface area (TPSA) is 66.9 Å². The van der Waals surface area contributed by atoms with Gasteiger partial charge in [-0.2, -0.15) is 0 Å². The molecule has 2 heterocycles. The first-order chi connectivity index (χ1) is 10.3. The van der Waals surface area contributed by atoms with E-state index >= 15 is 0 Å². The van der Waals surface area contributed by atoms with Gasteiger partial charge in [-0.1, -0.05) is 30.3 Å². The first-order valence-corrected chi connectivity index (χ1v) is 7.19. The van der Waals surface area contributed by atoms with Gasteiger partial charge in [0.15, 0.2) is 0 Å². The fourth-order valence-corrected chi connectivity index (χ4v) is 2.67. The molecule has 0 aliphatic heterocycles. The number of thiophene rings is 1. The van der Waals surface area contributed by atoms with E-state index in [1.54, 1.807) is 18.5 Å². The average molecular weight is 296 g/mol. The highest BCUT2D eigenvalue weighted by molar-refractivity contribution is 7.12. The quantitative estimate of drug-likeness (QED) is 0.726. The number of nitrogens with zero attached hydrogens (tertiary/aromatic N) is 2. The number of hydrazine groups is 1. The van der Waals surface area contributed by atoms with Crippen molar-refractivity contribution in [2.75, 3.05) is 5.43 Å². The van der Waals surface area contributed by atoms with Crippen LogP contribution in [0.3, 0.4) is 0 Å². The molecule has 0 saturated heterocycles. The molecule has 1 amide bonds. The van der Waals surface area contributed by atoms with Crippen LogP contribution in [0, 0.1) is 0 Å². The molecule has 3 aromatic rings. The van der Waals surface area contributed by atoms with Gasteiger partial charge in [0.25, 0.3) is 5.91 Å². The van der Waals surface area contributed by atoms with Crippen LogP contribution in [-0.2, 0) is 0 Å². The summed E-state index contributed by atoms with van der Waals surface area (Å²) in [6.07, 6.45) is 3.20. The summed E-state index contributed by atoms with van der Waals surface area (Å²) in [5.74, 6) is 0.139. The Morgan fingerprint density at radius 2 is 1.76 bits per heavy atom. The van der Waals surface area contributed by atoms with Gasteiger partial charge in [0.05, 0.1) is 0 Å². The monoisotopic (exact) mass is 296 g/mol. The zero-order valence-corrected chi connectivity index (χ0v) is 11.8. The minimum atomic E-state index is -0.212. The van der Waals surface area contributed by atoms with Crippen LogP contribution in [-0.4, -0.2) is 15.9 Å². The van der Waals surface area contributed by atoms with E-state index in [-0.39, 0.29) is 5.91 Å². The van der Waals surface area contributed by atoms with Crippen molar-refractivity contribution < 1.29 is 4.79 Å². The molecule has 0 fully saturated rings. The van der Waals surface area contributed by atoms with Gasteiger partial charge in [-0.3, -0.25) is 15.6 Å². The van der Waals surface area contributed by atoms with Crippen molar-refractivity contribution in [1.29, 1.82) is 0 Å². The maximum absolute atomic E-state index is 12.3. The van der Waals surface area contributed by atoms with E-state index in [4.69, 9.17) is 0 Å². The molecule has 2 aromatic heterocycles. The van der Waals surface area contributed by atoms with Crippen LogP contribution in [0.15, 0.2) is 60.2 Å². The molecule has 0 aliphatic carbocycles. The third-order valence-corrected chi connectivity index (χ3v) is 3.72. The molecule has 0 spiro atoms. The molecule has 0 unspecified atom stereocenters. The van der Waals surface area contributed by atoms with Crippen molar-refractivity contribution in [2.24, 2.45) is 0 Å². The molecule has 6 heteroatoms. The van der Waals surface area contributed by atoms with Gasteiger partial charge in [0, 0.05) is 18.0 Å². The molecule has 0 saturated carbocycles. The third-order valence-electron chi connectivity index (χ3n) is 2.81. The zero-order chi connectivity index (χ0) is 14.5. The molecule has 2 N–H and O–H groups in total. The second-order valence-electron chi connectivity index (χ2n) is 4.18. The Balaban J connectivity index is 1.76. The number of anilines is 1. The Labute approximate surface area is 125 Å². The number of nitrogens with one attached hydrogen (secondary N) is 2. The Kier molecular flexibility index (Phi) is 3.88. The summed E-state index contributed by atoms with van der Waals surface area (Å²) in [5.41, 5.74) is 7.23. The molecular formula is C15H12N4OS. The van der Waals surface area contributed by atoms with Crippen LogP contribution in [0.25, 0.3) is 11.1 Å². The van der Waals surface area contributed by atoms with E-state index in [0.29, 0.717) is 10.8 Å². The summed E-state index contributed by atoms with van der Waals surface area (Å²) >= 11 is 1.39. The van der Waals surface area contributed by atoms with E-state index in [9.17, 15) is 4.79 Å². The molecule has 0 radical (unpaired) electrons. The third kappa shape index (κ3) is 3.06. The van der Waals surface area contributed by atoms with Crippen LogP contribution in [0.4, 0.5) is 5.95 Å². The molecule has 0 atom stereocenters. The highest BCUT2D eigenvalue weighted by atomic mass is 32.1. The Morgan fingerprint density at radius 3 is 2.52 bits per heavy atom. The minimum Gasteiger partial charge on any atom is -0.266 e. The van der Waals surface area contributed by atoms with Crippen molar-refractivity contribution >= 4 is 23.2 Å². The highest BCUT2D eigenvalue weighted by Crippen LogP contribution is 2.27. The van der Waals surface area contributed by atoms with E-state index in [1.807, 2.05) is 41.8 Å². The molecule has 21 heavy (non-hydrogen) atoms. The number of benzene rings is 1. The van der Waals surface area contributed by atoms with E-state index in [0.717, 1.165) is 11.1 Å².